The molecule has 5 heteroatoms. The van der Waals surface area contributed by atoms with E-state index in [4.69, 9.17) is 4.42 Å². The summed E-state index contributed by atoms with van der Waals surface area (Å²) >= 11 is 0. The van der Waals surface area contributed by atoms with Crippen molar-refractivity contribution in [1.29, 1.82) is 0 Å². The lowest BCUT2D eigenvalue weighted by Crippen LogP contribution is -2.36. The number of aryl methyl sites for hydroxylation is 1. The molecular weight excluding hydrogens is 206 g/mol. The zero-order valence-corrected chi connectivity index (χ0v) is 9.27. The maximum absolute atomic E-state index is 12.2. The molecule has 2 unspecified atom stereocenters. The number of likely N-dealkylation sites (tertiary alicyclic amines) is 1. The van der Waals surface area contributed by atoms with Crippen molar-refractivity contribution in [1.82, 2.24) is 15.2 Å². The molecule has 1 aromatic rings. The number of oxazole rings is 1. The van der Waals surface area contributed by atoms with Crippen LogP contribution in [0.15, 0.2) is 10.8 Å². The lowest BCUT2D eigenvalue weighted by atomic mass is 10.1. The van der Waals surface area contributed by atoms with Crippen LogP contribution in [0.5, 0.6) is 0 Å². The summed E-state index contributed by atoms with van der Waals surface area (Å²) in [5, 5.41) is 3.42. The molecular formula is C11H15N3O2. The number of carbonyl (C=O) groups excluding carboxylic acids is 1. The van der Waals surface area contributed by atoms with Gasteiger partial charge < -0.3 is 14.6 Å². The van der Waals surface area contributed by atoms with Gasteiger partial charge in [0.15, 0.2) is 6.39 Å². The van der Waals surface area contributed by atoms with E-state index in [1.165, 1.54) is 6.39 Å². The minimum Gasteiger partial charge on any atom is -0.438 e. The van der Waals surface area contributed by atoms with Crippen LogP contribution in [0.3, 0.4) is 0 Å². The van der Waals surface area contributed by atoms with E-state index in [2.05, 4.69) is 10.3 Å². The van der Waals surface area contributed by atoms with E-state index in [1.807, 2.05) is 4.90 Å². The molecule has 16 heavy (non-hydrogen) atoms. The van der Waals surface area contributed by atoms with Gasteiger partial charge in [-0.25, -0.2) is 4.98 Å². The lowest BCUT2D eigenvalue weighted by Gasteiger charge is -2.23. The summed E-state index contributed by atoms with van der Waals surface area (Å²) in [7, 11) is 0. The second kappa shape index (κ2) is 3.59. The van der Waals surface area contributed by atoms with Crippen LogP contribution in [0.2, 0.25) is 0 Å². The summed E-state index contributed by atoms with van der Waals surface area (Å²) in [6.45, 7) is 3.61. The number of amides is 1. The molecule has 1 amide bonds. The highest BCUT2D eigenvalue weighted by Gasteiger charge is 2.39. The number of piperidine rings is 1. The second-order valence-corrected chi connectivity index (χ2v) is 4.55. The molecule has 2 aliphatic heterocycles. The van der Waals surface area contributed by atoms with Crippen LogP contribution in [-0.2, 0) is 0 Å². The van der Waals surface area contributed by atoms with Gasteiger partial charge in [0.2, 0.25) is 5.76 Å². The molecule has 0 radical (unpaired) electrons. The van der Waals surface area contributed by atoms with Crippen LogP contribution >= 0.6 is 0 Å². The summed E-state index contributed by atoms with van der Waals surface area (Å²) in [6.07, 6.45) is 3.44. The average molecular weight is 221 g/mol. The van der Waals surface area contributed by atoms with Crippen molar-refractivity contribution in [3.05, 3.63) is 17.8 Å². The van der Waals surface area contributed by atoms with E-state index >= 15 is 0 Å². The predicted octanol–water partition coefficient (Wildman–Crippen LogP) is 0.559. The van der Waals surface area contributed by atoms with Crippen molar-refractivity contribution in [3.63, 3.8) is 0 Å². The molecule has 86 valence electrons. The Morgan fingerprint density at radius 3 is 3.25 bits per heavy atom. The maximum Gasteiger partial charge on any atom is 0.291 e. The first-order chi connectivity index (χ1) is 7.75. The number of hydrogen-bond acceptors (Lipinski definition) is 4. The number of carbonyl (C=O) groups is 1. The third kappa shape index (κ3) is 1.43. The third-order valence-corrected chi connectivity index (χ3v) is 3.53. The Morgan fingerprint density at radius 2 is 2.56 bits per heavy atom. The highest BCUT2D eigenvalue weighted by molar-refractivity contribution is 5.92. The SMILES string of the molecule is Cc1ncoc1C(=O)N1CC2CC1CCN2. The summed E-state index contributed by atoms with van der Waals surface area (Å²) in [6, 6.07) is 0.842. The van der Waals surface area contributed by atoms with Gasteiger partial charge in [-0.3, -0.25) is 4.79 Å². The van der Waals surface area contributed by atoms with Gasteiger partial charge in [0, 0.05) is 18.6 Å². The topological polar surface area (TPSA) is 58.4 Å². The van der Waals surface area contributed by atoms with Crippen molar-refractivity contribution in [2.24, 2.45) is 0 Å². The van der Waals surface area contributed by atoms with Gasteiger partial charge in [-0.1, -0.05) is 0 Å². The fraction of sp³-hybridized carbons (Fsp3) is 0.636. The summed E-state index contributed by atoms with van der Waals surface area (Å²) in [5.41, 5.74) is 0.680. The zero-order valence-electron chi connectivity index (χ0n) is 9.27. The first-order valence-corrected chi connectivity index (χ1v) is 5.70. The molecule has 1 aromatic heterocycles. The highest BCUT2D eigenvalue weighted by Crippen LogP contribution is 2.26. The Kier molecular flexibility index (Phi) is 2.21. The Hall–Kier alpha value is -1.36. The second-order valence-electron chi connectivity index (χ2n) is 4.55. The fourth-order valence-corrected chi connectivity index (χ4v) is 2.68. The Balaban J connectivity index is 1.83. The minimum atomic E-state index is -0.00815. The number of aromatic nitrogens is 1. The molecule has 0 saturated carbocycles. The van der Waals surface area contributed by atoms with E-state index in [9.17, 15) is 4.79 Å². The first-order valence-electron chi connectivity index (χ1n) is 5.70. The molecule has 2 atom stereocenters. The number of fused-ring (bicyclic) bond motifs is 2. The van der Waals surface area contributed by atoms with Gasteiger partial charge in [0.1, 0.15) is 0 Å². The predicted molar refractivity (Wildman–Crippen MR) is 57.1 cm³/mol. The van der Waals surface area contributed by atoms with Crippen LogP contribution < -0.4 is 5.32 Å². The van der Waals surface area contributed by atoms with Crippen LogP contribution in [-0.4, -0.2) is 41.0 Å². The van der Waals surface area contributed by atoms with Crippen LogP contribution in [0.4, 0.5) is 0 Å². The molecule has 2 aliphatic rings. The number of nitrogens with zero attached hydrogens (tertiary/aromatic N) is 2. The van der Waals surface area contributed by atoms with Gasteiger partial charge in [-0.15, -0.1) is 0 Å². The first kappa shape index (κ1) is 9.84. The van der Waals surface area contributed by atoms with Crippen molar-refractivity contribution in [3.8, 4) is 0 Å². The van der Waals surface area contributed by atoms with Gasteiger partial charge in [0.25, 0.3) is 5.91 Å². The quantitative estimate of drug-likeness (QED) is 0.752. The molecule has 0 spiro atoms. The normalized spacial score (nSPS) is 28.4. The van der Waals surface area contributed by atoms with Crippen LogP contribution in [0.1, 0.15) is 29.1 Å². The molecule has 0 aliphatic carbocycles. The van der Waals surface area contributed by atoms with Crippen LogP contribution in [0.25, 0.3) is 0 Å². The van der Waals surface area contributed by atoms with Gasteiger partial charge >= 0.3 is 0 Å². The number of rotatable bonds is 1. The molecule has 1 N–H and O–H groups in total. The van der Waals surface area contributed by atoms with Crippen molar-refractivity contribution in [2.45, 2.75) is 31.8 Å². The van der Waals surface area contributed by atoms with Gasteiger partial charge in [-0.2, -0.15) is 0 Å². The molecule has 2 saturated heterocycles. The fourth-order valence-electron chi connectivity index (χ4n) is 2.68. The Labute approximate surface area is 93.8 Å². The van der Waals surface area contributed by atoms with E-state index in [0.29, 0.717) is 23.5 Å². The molecule has 3 heterocycles. The minimum absolute atomic E-state index is 0.00815. The molecule has 0 aromatic carbocycles. The van der Waals surface area contributed by atoms with Crippen molar-refractivity contribution >= 4 is 5.91 Å². The highest BCUT2D eigenvalue weighted by atomic mass is 16.3. The lowest BCUT2D eigenvalue weighted by molar-refractivity contribution is 0.0702. The van der Waals surface area contributed by atoms with E-state index in [-0.39, 0.29) is 5.91 Å². The largest absolute Gasteiger partial charge is 0.438 e. The zero-order chi connectivity index (χ0) is 11.1. The van der Waals surface area contributed by atoms with Crippen molar-refractivity contribution < 1.29 is 9.21 Å². The number of nitrogens with one attached hydrogen (secondary N) is 1. The van der Waals surface area contributed by atoms with Gasteiger partial charge in [-0.05, 0) is 26.3 Å². The summed E-state index contributed by atoms with van der Waals surface area (Å²) in [5.74, 6) is 0.388. The van der Waals surface area contributed by atoms with E-state index in [0.717, 1.165) is 25.9 Å². The summed E-state index contributed by atoms with van der Waals surface area (Å²) < 4.78 is 5.16. The molecule has 2 fully saturated rings. The van der Waals surface area contributed by atoms with E-state index < -0.39 is 0 Å². The van der Waals surface area contributed by atoms with Crippen molar-refractivity contribution in [2.75, 3.05) is 13.1 Å². The average Bonchev–Trinajstić information content (AvgIpc) is 2.82. The van der Waals surface area contributed by atoms with E-state index in [1.54, 1.807) is 6.92 Å². The maximum atomic E-state index is 12.2. The third-order valence-electron chi connectivity index (χ3n) is 3.53. The Bertz CT molecular complexity index is 415. The van der Waals surface area contributed by atoms with Gasteiger partial charge in [0.05, 0.1) is 5.69 Å². The number of hydrogen-bond donors (Lipinski definition) is 1. The Morgan fingerprint density at radius 1 is 1.69 bits per heavy atom. The smallest absolute Gasteiger partial charge is 0.291 e. The molecule has 2 bridgehead atoms. The van der Waals surface area contributed by atoms with Crippen LogP contribution in [0, 0.1) is 6.92 Å². The molecule has 3 rings (SSSR count). The standard InChI is InChI=1S/C11H15N3O2/c1-7-10(16-6-13-7)11(15)14-5-8-4-9(14)2-3-12-8/h6,8-9,12H,2-5H2,1H3. The monoisotopic (exact) mass is 221 g/mol. The summed E-state index contributed by atoms with van der Waals surface area (Å²) in [4.78, 5) is 18.1. The molecule has 5 nitrogen and oxygen atoms in total.